The van der Waals surface area contributed by atoms with Crippen molar-refractivity contribution in [3.63, 3.8) is 0 Å². The average molecular weight is 214 g/mol. The van der Waals surface area contributed by atoms with Crippen molar-refractivity contribution in [1.29, 1.82) is 0 Å². The summed E-state index contributed by atoms with van der Waals surface area (Å²) in [6.07, 6.45) is 4.91. The predicted molar refractivity (Wildman–Crippen MR) is 55.4 cm³/mol. The number of rotatable bonds is 5. The van der Waals surface area contributed by atoms with Crippen LogP contribution in [0, 0.1) is 5.92 Å². The summed E-state index contributed by atoms with van der Waals surface area (Å²) in [6.45, 7) is 6.54. The molecule has 0 saturated carbocycles. The molecule has 0 unspecified atom stereocenters. The molecule has 0 fully saturated rings. The van der Waals surface area contributed by atoms with Crippen molar-refractivity contribution in [1.82, 2.24) is 10.3 Å². The van der Waals surface area contributed by atoms with Crippen molar-refractivity contribution in [2.24, 2.45) is 5.92 Å². The quantitative estimate of drug-likeness (QED) is 0.650. The summed E-state index contributed by atoms with van der Waals surface area (Å²) in [5, 5.41) is 3.41. The summed E-state index contributed by atoms with van der Waals surface area (Å²) >= 11 is 0. The Morgan fingerprint density at radius 2 is 1.93 bits per heavy atom. The van der Waals surface area contributed by atoms with E-state index in [1.54, 1.807) is 0 Å². The van der Waals surface area contributed by atoms with Crippen LogP contribution in [0.2, 0.25) is 0 Å². The molecule has 0 radical (unpaired) electrons. The molecule has 2 nitrogen and oxygen atoms in total. The van der Waals surface area contributed by atoms with Crippen LogP contribution in [-0.4, -0.2) is 11.5 Å². The van der Waals surface area contributed by atoms with Crippen LogP contribution in [-0.2, 0) is 6.54 Å². The zero-order chi connectivity index (χ0) is 9.52. The largest absolute Gasteiger partial charge is 1.00 e. The van der Waals surface area contributed by atoms with E-state index in [0.717, 1.165) is 19.0 Å². The number of aromatic nitrogens is 1. The summed E-state index contributed by atoms with van der Waals surface area (Å²) < 4.78 is 0. The lowest BCUT2D eigenvalue weighted by atomic mass is 10.1. The van der Waals surface area contributed by atoms with Crippen LogP contribution in [0.1, 0.15) is 25.8 Å². The van der Waals surface area contributed by atoms with Gasteiger partial charge in [-0.3, -0.25) is 4.98 Å². The summed E-state index contributed by atoms with van der Waals surface area (Å²) in [6, 6.07) is 4.09. The van der Waals surface area contributed by atoms with Crippen molar-refractivity contribution in [3.8, 4) is 0 Å². The Morgan fingerprint density at radius 3 is 2.50 bits per heavy atom. The highest BCUT2D eigenvalue weighted by atomic mass is 35.5. The topological polar surface area (TPSA) is 24.9 Å². The minimum Gasteiger partial charge on any atom is -1.00 e. The number of nitrogens with zero attached hydrogens (tertiary/aromatic N) is 1. The Balaban J connectivity index is 0.00000169. The smallest absolute Gasteiger partial charge is 0.0271 e. The maximum Gasteiger partial charge on any atom is 0.0271 e. The van der Waals surface area contributed by atoms with Crippen molar-refractivity contribution in [2.75, 3.05) is 6.54 Å². The first-order valence-electron chi connectivity index (χ1n) is 4.88. The molecule has 0 aliphatic heterocycles. The fourth-order valence-electron chi connectivity index (χ4n) is 1.12. The standard InChI is InChI=1S/C11H18N2.ClH/c1-10(2)3-6-13-9-11-4-7-12-8-5-11;/h4-5,7-8,10,13H,3,6,9H2,1-2H3;1H/p-1. The Hall–Kier alpha value is -0.600. The molecule has 0 aromatic carbocycles. The summed E-state index contributed by atoms with van der Waals surface area (Å²) in [5.74, 6) is 0.782. The highest BCUT2D eigenvalue weighted by Gasteiger charge is 1.93. The minimum absolute atomic E-state index is 0. The van der Waals surface area contributed by atoms with Gasteiger partial charge in [0.15, 0.2) is 0 Å². The van der Waals surface area contributed by atoms with Crippen LogP contribution in [0.15, 0.2) is 24.5 Å². The van der Waals surface area contributed by atoms with Crippen LogP contribution >= 0.6 is 0 Å². The molecule has 1 heterocycles. The van der Waals surface area contributed by atoms with Crippen LogP contribution in [0.5, 0.6) is 0 Å². The summed E-state index contributed by atoms with van der Waals surface area (Å²) in [4.78, 5) is 3.97. The van der Waals surface area contributed by atoms with Gasteiger partial charge in [-0.25, -0.2) is 0 Å². The predicted octanol–water partition coefficient (Wildman–Crippen LogP) is -0.779. The zero-order valence-corrected chi connectivity index (χ0v) is 9.59. The van der Waals surface area contributed by atoms with Crippen LogP contribution < -0.4 is 17.7 Å². The van der Waals surface area contributed by atoms with Crippen LogP contribution in [0.4, 0.5) is 0 Å². The molecule has 0 atom stereocenters. The van der Waals surface area contributed by atoms with Gasteiger partial charge < -0.3 is 17.7 Å². The number of pyridine rings is 1. The van der Waals surface area contributed by atoms with Crippen molar-refractivity contribution in [3.05, 3.63) is 30.1 Å². The molecule has 0 amide bonds. The molecule has 0 spiro atoms. The summed E-state index contributed by atoms with van der Waals surface area (Å²) in [5.41, 5.74) is 1.30. The molecule has 1 N–H and O–H groups in total. The van der Waals surface area contributed by atoms with E-state index in [9.17, 15) is 0 Å². The van der Waals surface area contributed by atoms with Gasteiger partial charge in [-0.2, -0.15) is 0 Å². The van der Waals surface area contributed by atoms with E-state index < -0.39 is 0 Å². The second kappa shape index (κ2) is 7.77. The molecule has 1 aromatic rings. The van der Waals surface area contributed by atoms with E-state index >= 15 is 0 Å². The SMILES string of the molecule is CC(C)CCNCc1ccncc1.[Cl-]. The zero-order valence-electron chi connectivity index (χ0n) is 8.83. The van der Waals surface area contributed by atoms with E-state index in [2.05, 4.69) is 24.1 Å². The second-order valence-corrected chi connectivity index (χ2v) is 3.71. The third kappa shape index (κ3) is 5.95. The lowest BCUT2D eigenvalue weighted by Gasteiger charge is -2.06. The highest BCUT2D eigenvalue weighted by Crippen LogP contribution is 1.98. The van der Waals surface area contributed by atoms with Gasteiger partial charge in [0.25, 0.3) is 0 Å². The maximum absolute atomic E-state index is 3.97. The van der Waals surface area contributed by atoms with Gasteiger partial charge in [0.1, 0.15) is 0 Å². The molecular weight excluding hydrogens is 196 g/mol. The first-order chi connectivity index (χ1) is 6.29. The first kappa shape index (κ1) is 13.4. The molecule has 80 valence electrons. The van der Waals surface area contributed by atoms with E-state index in [4.69, 9.17) is 0 Å². The average Bonchev–Trinajstić information content (AvgIpc) is 2.14. The molecule has 3 heteroatoms. The van der Waals surface area contributed by atoms with Crippen LogP contribution in [0.25, 0.3) is 0 Å². The number of nitrogens with one attached hydrogen (secondary N) is 1. The molecule has 0 bridgehead atoms. The van der Waals surface area contributed by atoms with Gasteiger partial charge in [0.05, 0.1) is 0 Å². The minimum atomic E-state index is 0. The Labute approximate surface area is 92.5 Å². The fraction of sp³-hybridized carbons (Fsp3) is 0.545. The van der Waals surface area contributed by atoms with Crippen LogP contribution in [0.3, 0.4) is 0 Å². The van der Waals surface area contributed by atoms with Gasteiger partial charge in [-0.15, -0.1) is 0 Å². The molecule has 0 saturated heterocycles. The number of hydrogen-bond donors (Lipinski definition) is 1. The summed E-state index contributed by atoms with van der Waals surface area (Å²) in [7, 11) is 0. The first-order valence-corrected chi connectivity index (χ1v) is 4.88. The third-order valence-corrected chi connectivity index (χ3v) is 1.98. The molecule has 0 aliphatic carbocycles. The Bertz CT molecular complexity index is 224. The van der Waals surface area contributed by atoms with E-state index in [-0.39, 0.29) is 12.4 Å². The monoisotopic (exact) mass is 213 g/mol. The van der Waals surface area contributed by atoms with Crippen molar-refractivity contribution in [2.45, 2.75) is 26.8 Å². The molecule has 1 aromatic heterocycles. The van der Waals surface area contributed by atoms with Crippen molar-refractivity contribution < 1.29 is 12.4 Å². The van der Waals surface area contributed by atoms with Crippen molar-refractivity contribution >= 4 is 0 Å². The maximum atomic E-state index is 3.97. The lowest BCUT2D eigenvalue weighted by molar-refractivity contribution is -0.00000305. The van der Waals surface area contributed by atoms with Gasteiger partial charge in [0, 0.05) is 18.9 Å². The highest BCUT2D eigenvalue weighted by molar-refractivity contribution is 5.08. The molecule has 14 heavy (non-hydrogen) atoms. The third-order valence-electron chi connectivity index (χ3n) is 1.98. The van der Waals surface area contributed by atoms with E-state index in [1.807, 2.05) is 24.5 Å². The van der Waals surface area contributed by atoms with E-state index in [0.29, 0.717) is 0 Å². The Kier molecular flexibility index (Phi) is 7.44. The number of halogens is 1. The fourth-order valence-corrected chi connectivity index (χ4v) is 1.12. The van der Waals surface area contributed by atoms with Gasteiger partial charge >= 0.3 is 0 Å². The molecular formula is C11H18ClN2-. The molecule has 0 aliphatic rings. The second-order valence-electron chi connectivity index (χ2n) is 3.71. The molecule has 1 rings (SSSR count). The normalized spacial score (nSPS) is 9.93. The van der Waals surface area contributed by atoms with Gasteiger partial charge in [0.2, 0.25) is 0 Å². The lowest BCUT2D eigenvalue weighted by Crippen LogP contribution is -3.00. The van der Waals surface area contributed by atoms with Gasteiger partial charge in [-0.1, -0.05) is 13.8 Å². The van der Waals surface area contributed by atoms with E-state index in [1.165, 1.54) is 12.0 Å². The van der Waals surface area contributed by atoms with Gasteiger partial charge in [-0.05, 0) is 36.6 Å². The number of hydrogen-bond acceptors (Lipinski definition) is 2. The Morgan fingerprint density at radius 1 is 1.29 bits per heavy atom.